The Bertz CT molecular complexity index is 1220. The van der Waals surface area contributed by atoms with E-state index in [0.717, 1.165) is 22.3 Å². The van der Waals surface area contributed by atoms with E-state index in [1.165, 1.54) is 24.6 Å². The van der Waals surface area contributed by atoms with Crippen LogP contribution in [0.25, 0.3) is 22.3 Å². The average Bonchev–Trinajstić information content (AvgIpc) is 3.50. The number of fused-ring (bicyclic) bond motifs is 1. The molecule has 9 heteroatoms. The van der Waals surface area contributed by atoms with Crippen LogP contribution in [0.5, 0.6) is 11.5 Å². The summed E-state index contributed by atoms with van der Waals surface area (Å²) < 4.78 is 16.1. The van der Waals surface area contributed by atoms with Gasteiger partial charge in [-0.05, 0) is 43.2 Å². The lowest BCUT2D eigenvalue weighted by Gasteiger charge is -2.09. The molecular weight excluding hydrogens is 414 g/mol. The van der Waals surface area contributed by atoms with Crippen molar-refractivity contribution in [3.8, 4) is 22.9 Å². The highest BCUT2D eigenvalue weighted by atomic mass is 32.2. The molecule has 1 aliphatic rings. The van der Waals surface area contributed by atoms with Gasteiger partial charge in [-0.25, -0.2) is 9.97 Å². The number of ether oxygens (including phenoxy) is 2. The van der Waals surface area contributed by atoms with Gasteiger partial charge in [0.05, 0.1) is 25.5 Å². The maximum Gasteiger partial charge on any atom is 0.237 e. The molecule has 8 nitrogen and oxygen atoms in total. The van der Waals surface area contributed by atoms with E-state index in [-0.39, 0.29) is 0 Å². The predicted octanol–water partition coefficient (Wildman–Crippen LogP) is 4.56. The Morgan fingerprint density at radius 3 is 2.68 bits per heavy atom. The van der Waals surface area contributed by atoms with Crippen molar-refractivity contribution in [3.63, 3.8) is 0 Å². The van der Waals surface area contributed by atoms with Crippen LogP contribution in [0, 0.1) is 0 Å². The highest BCUT2D eigenvalue weighted by Crippen LogP contribution is 2.32. The standard InChI is InChI=1S/C22H21N5O3S/c1-28-17-10-7-13(11-18(17)29-2)20-25-19(30-27-20)12-31-22-24-16-6-4-3-5-15(16)21(26-22)23-14-8-9-14/h3-7,10-11,14H,8-9,12H2,1-2H3,(H,23,24,26). The highest BCUT2D eigenvalue weighted by molar-refractivity contribution is 7.98. The number of nitrogens with zero attached hydrogens (tertiary/aromatic N) is 4. The molecular formula is C22H21N5O3S. The maximum absolute atomic E-state index is 5.44. The summed E-state index contributed by atoms with van der Waals surface area (Å²) in [6, 6.07) is 14.0. The molecule has 0 aliphatic heterocycles. The molecule has 0 spiro atoms. The molecule has 0 unspecified atom stereocenters. The summed E-state index contributed by atoms with van der Waals surface area (Å²) >= 11 is 1.47. The summed E-state index contributed by atoms with van der Waals surface area (Å²) in [4.78, 5) is 13.9. The molecule has 31 heavy (non-hydrogen) atoms. The van der Waals surface area contributed by atoms with Crippen LogP contribution in [-0.2, 0) is 5.75 Å². The van der Waals surface area contributed by atoms with E-state index in [9.17, 15) is 0 Å². The topological polar surface area (TPSA) is 95.2 Å². The predicted molar refractivity (Wildman–Crippen MR) is 119 cm³/mol. The van der Waals surface area contributed by atoms with Crippen LogP contribution in [0.1, 0.15) is 18.7 Å². The van der Waals surface area contributed by atoms with E-state index in [1.54, 1.807) is 14.2 Å². The summed E-state index contributed by atoms with van der Waals surface area (Å²) in [6.07, 6.45) is 2.36. The number of benzene rings is 2. The SMILES string of the molecule is COc1ccc(-c2noc(CSc3nc(NC4CC4)c4ccccc4n3)n2)cc1OC. The van der Waals surface area contributed by atoms with Gasteiger partial charge in [0.1, 0.15) is 5.82 Å². The number of anilines is 1. The van der Waals surface area contributed by atoms with E-state index in [4.69, 9.17) is 19.0 Å². The van der Waals surface area contributed by atoms with Crippen molar-refractivity contribution in [1.82, 2.24) is 20.1 Å². The molecule has 0 amide bonds. The Kier molecular flexibility index (Phi) is 5.33. The molecule has 1 aliphatic carbocycles. The summed E-state index contributed by atoms with van der Waals surface area (Å²) in [5.41, 5.74) is 1.70. The van der Waals surface area contributed by atoms with Gasteiger partial charge in [0.15, 0.2) is 16.7 Å². The monoisotopic (exact) mass is 435 g/mol. The number of hydrogen-bond acceptors (Lipinski definition) is 9. The van der Waals surface area contributed by atoms with E-state index in [2.05, 4.69) is 20.4 Å². The minimum atomic E-state index is 0.474. The Morgan fingerprint density at radius 2 is 1.87 bits per heavy atom. The summed E-state index contributed by atoms with van der Waals surface area (Å²) in [5.74, 6) is 3.61. The van der Waals surface area contributed by atoms with Crippen molar-refractivity contribution in [1.29, 1.82) is 0 Å². The van der Waals surface area contributed by atoms with Gasteiger partial charge >= 0.3 is 0 Å². The third-order valence-corrected chi connectivity index (χ3v) is 5.77. The number of aromatic nitrogens is 4. The van der Waals surface area contributed by atoms with Crippen molar-refractivity contribution in [2.45, 2.75) is 29.8 Å². The van der Waals surface area contributed by atoms with E-state index < -0.39 is 0 Å². The third kappa shape index (κ3) is 4.27. The van der Waals surface area contributed by atoms with Crippen molar-refractivity contribution in [3.05, 3.63) is 48.4 Å². The Hall–Kier alpha value is -3.33. The van der Waals surface area contributed by atoms with Crippen LogP contribution in [-0.4, -0.2) is 40.4 Å². The molecule has 0 bridgehead atoms. The van der Waals surface area contributed by atoms with Crippen LogP contribution in [0.3, 0.4) is 0 Å². The molecule has 0 saturated heterocycles. The number of rotatable bonds is 8. The lowest BCUT2D eigenvalue weighted by atomic mass is 10.2. The molecule has 0 radical (unpaired) electrons. The van der Waals surface area contributed by atoms with Crippen LogP contribution in [0.15, 0.2) is 52.1 Å². The second-order valence-electron chi connectivity index (χ2n) is 7.16. The molecule has 2 aromatic carbocycles. The van der Waals surface area contributed by atoms with Gasteiger partial charge in [0.25, 0.3) is 0 Å². The molecule has 2 aromatic heterocycles. The van der Waals surface area contributed by atoms with Gasteiger partial charge in [0, 0.05) is 17.0 Å². The molecule has 1 N–H and O–H groups in total. The lowest BCUT2D eigenvalue weighted by Crippen LogP contribution is -2.05. The maximum atomic E-state index is 5.44. The quantitative estimate of drug-likeness (QED) is 0.315. The first kappa shape index (κ1) is 19.6. The molecule has 158 valence electrons. The molecule has 0 atom stereocenters. The van der Waals surface area contributed by atoms with E-state index in [0.29, 0.717) is 40.2 Å². The number of nitrogens with one attached hydrogen (secondary N) is 1. The van der Waals surface area contributed by atoms with Crippen molar-refractivity contribution >= 4 is 28.5 Å². The van der Waals surface area contributed by atoms with Gasteiger partial charge in [-0.2, -0.15) is 4.98 Å². The number of para-hydroxylation sites is 1. The first-order valence-electron chi connectivity index (χ1n) is 9.94. The Morgan fingerprint density at radius 1 is 1.03 bits per heavy atom. The van der Waals surface area contributed by atoms with Gasteiger partial charge in [-0.15, -0.1) is 0 Å². The van der Waals surface area contributed by atoms with Crippen LogP contribution in [0.2, 0.25) is 0 Å². The van der Waals surface area contributed by atoms with Crippen LogP contribution in [0.4, 0.5) is 5.82 Å². The minimum absolute atomic E-state index is 0.474. The summed E-state index contributed by atoms with van der Waals surface area (Å²) in [5, 5.41) is 9.31. The minimum Gasteiger partial charge on any atom is -0.493 e. The normalized spacial score (nSPS) is 13.4. The molecule has 1 saturated carbocycles. The first-order valence-corrected chi connectivity index (χ1v) is 10.9. The molecule has 2 heterocycles. The van der Waals surface area contributed by atoms with Crippen molar-refractivity contribution < 1.29 is 14.0 Å². The highest BCUT2D eigenvalue weighted by Gasteiger charge is 2.23. The molecule has 4 aromatic rings. The van der Waals surface area contributed by atoms with Crippen molar-refractivity contribution in [2.24, 2.45) is 0 Å². The Balaban J connectivity index is 1.34. The Labute approximate surface area is 183 Å². The molecule has 5 rings (SSSR count). The van der Waals surface area contributed by atoms with E-state index in [1.807, 2.05) is 42.5 Å². The average molecular weight is 436 g/mol. The van der Waals surface area contributed by atoms with Crippen LogP contribution < -0.4 is 14.8 Å². The summed E-state index contributed by atoms with van der Waals surface area (Å²) in [6.45, 7) is 0. The first-order chi connectivity index (χ1) is 15.2. The zero-order valence-corrected chi connectivity index (χ0v) is 18.0. The lowest BCUT2D eigenvalue weighted by molar-refractivity contribution is 0.355. The smallest absolute Gasteiger partial charge is 0.237 e. The summed E-state index contributed by atoms with van der Waals surface area (Å²) in [7, 11) is 3.19. The third-order valence-electron chi connectivity index (χ3n) is 4.94. The van der Waals surface area contributed by atoms with Gasteiger partial charge < -0.3 is 19.3 Å². The number of methoxy groups -OCH3 is 2. The second-order valence-corrected chi connectivity index (χ2v) is 8.10. The van der Waals surface area contributed by atoms with Crippen molar-refractivity contribution in [2.75, 3.05) is 19.5 Å². The zero-order valence-electron chi connectivity index (χ0n) is 17.2. The van der Waals surface area contributed by atoms with Crippen LogP contribution >= 0.6 is 11.8 Å². The van der Waals surface area contributed by atoms with Gasteiger partial charge in [-0.1, -0.05) is 29.1 Å². The van der Waals surface area contributed by atoms with E-state index >= 15 is 0 Å². The zero-order chi connectivity index (χ0) is 21.2. The second kappa shape index (κ2) is 8.43. The fraction of sp³-hybridized carbons (Fsp3) is 0.273. The fourth-order valence-electron chi connectivity index (χ4n) is 3.18. The largest absolute Gasteiger partial charge is 0.493 e. The number of thioether (sulfide) groups is 1. The van der Waals surface area contributed by atoms with Gasteiger partial charge in [0.2, 0.25) is 11.7 Å². The van der Waals surface area contributed by atoms with Gasteiger partial charge in [-0.3, -0.25) is 0 Å². The fourth-order valence-corrected chi connectivity index (χ4v) is 3.87. The number of hydrogen-bond donors (Lipinski definition) is 1. The molecule has 1 fully saturated rings.